The Morgan fingerprint density at radius 2 is 2.09 bits per heavy atom. The molecule has 23 heavy (non-hydrogen) atoms. The van der Waals surface area contributed by atoms with Crippen LogP contribution in [-0.4, -0.2) is 27.0 Å². The molecule has 0 unspecified atom stereocenters. The summed E-state index contributed by atoms with van der Waals surface area (Å²) in [6.07, 6.45) is 4.42. The number of aryl methyl sites for hydroxylation is 2. The lowest BCUT2D eigenvalue weighted by Gasteiger charge is -2.04. The topological polar surface area (TPSA) is 77.8 Å². The number of hydrogen-bond acceptors (Lipinski definition) is 7. The summed E-state index contributed by atoms with van der Waals surface area (Å²) in [4.78, 5) is 13.1. The van der Waals surface area contributed by atoms with Gasteiger partial charge in [0.2, 0.25) is 0 Å². The summed E-state index contributed by atoms with van der Waals surface area (Å²) < 4.78 is 5.41. The summed E-state index contributed by atoms with van der Waals surface area (Å²) in [5.41, 5.74) is 8.41. The standard InChI is InChI=1S/C15H15ClN4OS2/c1-8-7-21-13-10(8)5-9(18-14(13)16)3-4-23-15-19-11(17)6-12(20-15)22-2/h5-7H,3-4H2,1-2H3,(H2,17,19,20). The van der Waals surface area contributed by atoms with Gasteiger partial charge in [0.1, 0.15) is 10.8 Å². The van der Waals surface area contributed by atoms with Gasteiger partial charge in [-0.1, -0.05) is 23.4 Å². The van der Waals surface area contributed by atoms with Gasteiger partial charge in [-0.3, -0.25) is 0 Å². The van der Waals surface area contributed by atoms with Gasteiger partial charge in [-0.25, -0.2) is 15.0 Å². The second-order valence-electron chi connectivity index (χ2n) is 4.92. The molecule has 0 aliphatic carbocycles. The molecule has 0 radical (unpaired) electrons. The SMILES string of the molecule is CSc1cc(N)nc(SCCc2cc3c(C)coc3c(Cl)n2)n1. The molecule has 3 rings (SSSR count). The number of hydrogen-bond donors (Lipinski definition) is 1. The fraction of sp³-hybridized carbons (Fsp3) is 0.267. The number of pyridine rings is 1. The molecule has 0 atom stereocenters. The quantitative estimate of drug-likeness (QED) is 0.313. The minimum absolute atomic E-state index is 0.403. The molecular weight excluding hydrogens is 352 g/mol. The van der Waals surface area contributed by atoms with Crippen LogP contribution in [0.5, 0.6) is 0 Å². The maximum Gasteiger partial charge on any atom is 0.190 e. The fourth-order valence-electron chi connectivity index (χ4n) is 2.13. The maximum absolute atomic E-state index is 6.18. The van der Waals surface area contributed by atoms with Crippen molar-refractivity contribution in [1.29, 1.82) is 0 Å². The van der Waals surface area contributed by atoms with Gasteiger partial charge < -0.3 is 10.2 Å². The molecule has 0 aliphatic heterocycles. The zero-order valence-electron chi connectivity index (χ0n) is 12.7. The Morgan fingerprint density at radius 1 is 1.26 bits per heavy atom. The van der Waals surface area contributed by atoms with Crippen molar-refractivity contribution in [2.75, 3.05) is 17.7 Å². The average molecular weight is 367 g/mol. The zero-order valence-corrected chi connectivity index (χ0v) is 15.1. The van der Waals surface area contributed by atoms with Crippen LogP contribution >= 0.6 is 35.1 Å². The molecule has 0 aliphatic rings. The first-order valence-electron chi connectivity index (χ1n) is 6.91. The van der Waals surface area contributed by atoms with Crippen molar-refractivity contribution < 1.29 is 4.42 Å². The van der Waals surface area contributed by atoms with Gasteiger partial charge >= 0.3 is 0 Å². The molecule has 0 saturated heterocycles. The van der Waals surface area contributed by atoms with Crippen LogP contribution in [0.2, 0.25) is 5.15 Å². The van der Waals surface area contributed by atoms with Crippen molar-refractivity contribution in [2.45, 2.75) is 23.5 Å². The molecule has 0 aromatic carbocycles. The van der Waals surface area contributed by atoms with Crippen molar-refractivity contribution in [3.63, 3.8) is 0 Å². The van der Waals surface area contributed by atoms with E-state index in [1.807, 2.05) is 19.2 Å². The average Bonchev–Trinajstić information content (AvgIpc) is 2.89. The molecule has 2 N–H and O–H groups in total. The molecule has 0 amide bonds. The van der Waals surface area contributed by atoms with Crippen molar-refractivity contribution in [1.82, 2.24) is 15.0 Å². The number of anilines is 1. The van der Waals surface area contributed by atoms with Crippen LogP contribution in [0.1, 0.15) is 11.3 Å². The third-order valence-corrected chi connectivity index (χ3v) is 5.00. The van der Waals surface area contributed by atoms with Gasteiger partial charge in [0, 0.05) is 22.9 Å². The highest BCUT2D eigenvalue weighted by Crippen LogP contribution is 2.28. The van der Waals surface area contributed by atoms with Gasteiger partial charge in [0.25, 0.3) is 0 Å². The number of fused-ring (bicyclic) bond motifs is 1. The summed E-state index contributed by atoms with van der Waals surface area (Å²) in [7, 11) is 0. The van der Waals surface area contributed by atoms with E-state index in [0.29, 0.717) is 21.7 Å². The lowest BCUT2D eigenvalue weighted by Crippen LogP contribution is -1.98. The number of rotatable bonds is 5. The molecule has 8 heteroatoms. The van der Waals surface area contributed by atoms with Crippen LogP contribution in [0.3, 0.4) is 0 Å². The van der Waals surface area contributed by atoms with Crippen LogP contribution in [0.4, 0.5) is 5.82 Å². The molecule has 3 aromatic rings. The fourth-order valence-corrected chi connectivity index (χ4v) is 3.69. The van der Waals surface area contributed by atoms with E-state index in [1.54, 1.807) is 35.9 Å². The van der Waals surface area contributed by atoms with Crippen molar-refractivity contribution in [3.05, 3.63) is 34.8 Å². The first kappa shape index (κ1) is 16.4. The third-order valence-electron chi connectivity index (χ3n) is 3.26. The van der Waals surface area contributed by atoms with Crippen LogP contribution < -0.4 is 5.73 Å². The first-order chi connectivity index (χ1) is 11.1. The van der Waals surface area contributed by atoms with Crippen LogP contribution in [0.15, 0.2) is 33.0 Å². The highest BCUT2D eigenvalue weighted by atomic mass is 35.5. The smallest absolute Gasteiger partial charge is 0.190 e. The van der Waals surface area contributed by atoms with Crippen molar-refractivity contribution in [3.8, 4) is 0 Å². The molecule has 0 bridgehead atoms. The predicted octanol–water partition coefficient (Wildman–Crippen LogP) is 4.22. The lowest BCUT2D eigenvalue weighted by atomic mass is 10.2. The molecule has 0 spiro atoms. The summed E-state index contributed by atoms with van der Waals surface area (Å²) >= 11 is 9.28. The summed E-state index contributed by atoms with van der Waals surface area (Å²) in [5, 5.41) is 2.97. The normalized spacial score (nSPS) is 11.3. The van der Waals surface area contributed by atoms with E-state index in [4.69, 9.17) is 21.8 Å². The van der Waals surface area contributed by atoms with Crippen LogP contribution in [-0.2, 0) is 6.42 Å². The Morgan fingerprint density at radius 3 is 2.87 bits per heavy atom. The predicted molar refractivity (Wildman–Crippen MR) is 96.4 cm³/mol. The van der Waals surface area contributed by atoms with Gasteiger partial charge in [-0.15, -0.1) is 11.8 Å². The zero-order chi connectivity index (χ0) is 16.4. The Kier molecular flexibility index (Phi) is 4.99. The second kappa shape index (κ2) is 6.98. The molecule has 3 aromatic heterocycles. The Hall–Kier alpha value is -1.44. The third kappa shape index (κ3) is 3.73. The minimum Gasteiger partial charge on any atom is -0.461 e. The van der Waals surface area contributed by atoms with E-state index >= 15 is 0 Å². The molecule has 0 fully saturated rings. The summed E-state index contributed by atoms with van der Waals surface area (Å²) in [6, 6.07) is 3.79. The van der Waals surface area contributed by atoms with Gasteiger partial charge in [-0.05, 0) is 31.2 Å². The number of nitrogen functional groups attached to an aromatic ring is 1. The van der Waals surface area contributed by atoms with E-state index in [-0.39, 0.29) is 0 Å². The molecular formula is C15H15ClN4OS2. The Labute approximate surface area is 147 Å². The Balaban J connectivity index is 1.71. The minimum atomic E-state index is 0.403. The number of thioether (sulfide) groups is 2. The van der Waals surface area contributed by atoms with Crippen LogP contribution in [0, 0.1) is 6.92 Å². The van der Waals surface area contributed by atoms with Gasteiger partial charge in [-0.2, -0.15) is 0 Å². The molecule has 0 saturated carbocycles. The van der Waals surface area contributed by atoms with Gasteiger partial charge in [0.05, 0.1) is 6.26 Å². The monoisotopic (exact) mass is 366 g/mol. The number of furan rings is 1. The van der Waals surface area contributed by atoms with Crippen molar-refractivity contribution in [2.24, 2.45) is 0 Å². The van der Waals surface area contributed by atoms with E-state index in [0.717, 1.165) is 33.8 Å². The lowest BCUT2D eigenvalue weighted by molar-refractivity contribution is 0.611. The first-order valence-corrected chi connectivity index (χ1v) is 9.50. The maximum atomic E-state index is 6.18. The van der Waals surface area contributed by atoms with E-state index in [1.165, 1.54) is 0 Å². The number of aromatic nitrogens is 3. The van der Waals surface area contributed by atoms with Crippen LogP contribution in [0.25, 0.3) is 11.0 Å². The van der Waals surface area contributed by atoms with E-state index < -0.39 is 0 Å². The van der Waals surface area contributed by atoms with Gasteiger partial charge in [0.15, 0.2) is 15.9 Å². The number of halogens is 1. The van der Waals surface area contributed by atoms with Crippen molar-refractivity contribution >= 4 is 51.9 Å². The highest BCUT2D eigenvalue weighted by molar-refractivity contribution is 7.99. The summed E-state index contributed by atoms with van der Waals surface area (Å²) in [5.74, 6) is 1.28. The second-order valence-corrected chi connectivity index (χ2v) is 7.16. The molecule has 5 nitrogen and oxygen atoms in total. The Bertz CT molecular complexity index is 853. The van der Waals surface area contributed by atoms with E-state index in [2.05, 4.69) is 15.0 Å². The number of nitrogens with zero attached hydrogens (tertiary/aromatic N) is 3. The molecule has 3 heterocycles. The molecule has 120 valence electrons. The number of nitrogens with two attached hydrogens (primary N) is 1. The summed E-state index contributed by atoms with van der Waals surface area (Å²) in [6.45, 7) is 1.99. The largest absolute Gasteiger partial charge is 0.461 e. The van der Waals surface area contributed by atoms with E-state index in [9.17, 15) is 0 Å². The highest BCUT2D eigenvalue weighted by Gasteiger charge is 2.10.